The van der Waals surface area contributed by atoms with Crippen LogP contribution >= 0.6 is 11.6 Å². The van der Waals surface area contributed by atoms with Gasteiger partial charge in [-0.05, 0) is 60.7 Å². The Balaban J connectivity index is 1.70. The number of likely N-dealkylation sites (tertiary alicyclic amines) is 1. The second kappa shape index (κ2) is 9.28. The second-order valence-corrected chi connectivity index (χ2v) is 9.93. The van der Waals surface area contributed by atoms with Crippen molar-refractivity contribution in [3.05, 3.63) is 64.7 Å². The molecule has 1 aliphatic rings. The first kappa shape index (κ1) is 21.8. The minimum Gasteiger partial charge on any atom is -0.339 e. The van der Waals surface area contributed by atoms with Gasteiger partial charge in [0.15, 0.2) is 0 Å². The number of carbonyl (C=O) groups excluding carboxylic acids is 1. The zero-order chi connectivity index (χ0) is 21.0. The molecule has 0 radical (unpaired) electrons. The number of benzene rings is 2. The van der Waals surface area contributed by atoms with E-state index in [0.717, 1.165) is 31.5 Å². The zero-order valence-corrected chi connectivity index (χ0v) is 18.4. The molecule has 0 unspecified atom stereocenters. The molecule has 1 heterocycles. The van der Waals surface area contributed by atoms with Crippen LogP contribution in [0.5, 0.6) is 0 Å². The number of carbonyl (C=O) groups is 1. The summed E-state index contributed by atoms with van der Waals surface area (Å²) in [7, 11) is -3.62. The lowest BCUT2D eigenvalue weighted by Crippen LogP contribution is -2.37. The van der Waals surface area contributed by atoms with E-state index in [1.54, 1.807) is 24.3 Å². The molecule has 1 aliphatic heterocycles. The third-order valence-electron chi connectivity index (χ3n) is 5.43. The standard InChI is InChI=1S/C22H27ClN2O3S/c1-3-25(29(27,28)21-10-8-20(23)9-11-21)16-18-4-6-19(7-5-18)22(26)24-14-12-17(2)13-15-24/h4-11,17H,3,12-16H2,1-2H3. The fourth-order valence-corrected chi connectivity index (χ4v) is 5.04. The van der Waals surface area contributed by atoms with Gasteiger partial charge >= 0.3 is 0 Å². The minimum atomic E-state index is -3.62. The van der Waals surface area contributed by atoms with Gasteiger partial charge in [-0.25, -0.2) is 8.42 Å². The van der Waals surface area contributed by atoms with E-state index in [-0.39, 0.29) is 17.3 Å². The largest absolute Gasteiger partial charge is 0.339 e. The van der Waals surface area contributed by atoms with Crippen molar-refractivity contribution < 1.29 is 13.2 Å². The quantitative estimate of drug-likeness (QED) is 0.676. The molecule has 1 fully saturated rings. The van der Waals surface area contributed by atoms with Crippen molar-refractivity contribution in [2.45, 2.75) is 38.1 Å². The highest BCUT2D eigenvalue weighted by Crippen LogP contribution is 2.22. The molecule has 0 saturated carbocycles. The molecule has 0 bridgehead atoms. The summed E-state index contributed by atoms with van der Waals surface area (Å²) in [4.78, 5) is 14.8. The van der Waals surface area contributed by atoms with Crippen LogP contribution in [0, 0.1) is 5.92 Å². The van der Waals surface area contributed by atoms with E-state index < -0.39 is 10.0 Å². The molecule has 0 aromatic heterocycles. The fourth-order valence-electron chi connectivity index (χ4n) is 3.47. The van der Waals surface area contributed by atoms with E-state index >= 15 is 0 Å². The highest BCUT2D eigenvalue weighted by molar-refractivity contribution is 7.89. The summed E-state index contributed by atoms with van der Waals surface area (Å²) in [6.07, 6.45) is 2.08. The Kier molecular flexibility index (Phi) is 6.98. The summed E-state index contributed by atoms with van der Waals surface area (Å²) >= 11 is 5.87. The van der Waals surface area contributed by atoms with Gasteiger partial charge in [-0.1, -0.05) is 37.6 Å². The lowest BCUT2D eigenvalue weighted by molar-refractivity contribution is 0.0697. The minimum absolute atomic E-state index is 0.0459. The van der Waals surface area contributed by atoms with Crippen molar-refractivity contribution in [1.29, 1.82) is 0 Å². The first-order valence-corrected chi connectivity index (χ1v) is 11.8. The summed E-state index contributed by atoms with van der Waals surface area (Å²) in [5.41, 5.74) is 1.49. The predicted octanol–water partition coefficient (Wildman–Crippen LogP) is 4.42. The average molecular weight is 435 g/mol. The van der Waals surface area contributed by atoms with Crippen LogP contribution in [0.1, 0.15) is 42.6 Å². The second-order valence-electron chi connectivity index (χ2n) is 7.56. The summed E-state index contributed by atoms with van der Waals surface area (Å²) in [5, 5.41) is 0.496. The van der Waals surface area contributed by atoms with Gasteiger partial charge in [0.2, 0.25) is 10.0 Å². The predicted molar refractivity (Wildman–Crippen MR) is 115 cm³/mol. The van der Waals surface area contributed by atoms with Crippen LogP contribution < -0.4 is 0 Å². The molecular weight excluding hydrogens is 408 g/mol. The molecule has 2 aromatic carbocycles. The highest BCUT2D eigenvalue weighted by atomic mass is 35.5. The van der Waals surface area contributed by atoms with Crippen LogP contribution in [0.4, 0.5) is 0 Å². The normalized spacial score (nSPS) is 15.7. The van der Waals surface area contributed by atoms with Gasteiger partial charge in [0.25, 0.3) is 5.91 Å². The van der Waals surface area contributed by atoms with Gasteiger partial charge in [0.1, 0.15) is 0 Å². The molecule has 2 aromatic rings. The van der Waals surface area contributed by atoms with Crippen LogP contribution in [-0.2, 0) is 16.6 Å². The van der Waals surface area contributed by atoms with Gasteiger partial charge in [0, 0.05) is 36.8 Å². The summed E-state index contributed by atoms with van der Waals surface area (Å²) in [5.74, 6) is 0.716. The number of piperidine rings is 1. The van der Waals surface area contributed by atoms with Crippen molar-refractivity contribution in [3.8, 4) is 0 Å². The number of sulfonamides is 1. The van der Waals surface area contributed by atoms with Gasteiger partial charge < -0.3 is 4.90 Å². The molecule has 1 saturated heterocycles. The number of hydrogen-bond donors (Lipinski definition) is 0. The molecule has 5 nitrogen and oxygen atoms in total. The van der Waals surface area contributed by atoms with E-state index in [0.29, 0.717) is 23.0 Å². The Morgan fingerprint density at radius 1 is 1.07 bits per heavy atom. The van der Waals surface area contributed by atoms with Gasteiger partial charge in [-0.15, -0.1) is 0 Å². The molecular formula is C22H27ClN2O3S. The molecule has 7 heteroatoms. The topological polar surface area (TPSA) is 57.7 Å². The third-order valence-corrected chi connectivity index (χ3v) is 7.62. The summed E-state index contributed by atoms with van der Waals surface area (Å²) in [6.45, 7) is 6.21. The van der Waals surface area contributed by atoms with Crippen LogP contribution in [-0.4, -0.2) is 43.2 Å². The van der Waals surface area contributed by atoms with E-state index in [2.05, 4.69) is 6.92 Å². The maximum atomic E-state index is 12.9. The molecule has 1 amide bonds. The van der Waals surface area contributed by atoms with Gasteiger partial charge in [-0.3, -0.25) is 4.79 Å². The molecule has 0 N–H and O–H groups in total. The Morgan fingerprint density at radius 3 is 2.21 bits per heavy atom. The van der Waals surface area contributed by atoms with E-state index in [9.17, 15) is 13.2 Å². The van der Waals surface area contributed by atoms with Crippen molar-refractivity contribution >= 4 is 27.5 Å². The average Bonchev–Trinajstić information content (AvgIpc) is 2.72. The lowest BCUT2D eigenvalue weighted by Gasteiger charge is -2.30. The smallest absolute Gasteiger partial charge is 0.253 e. The Bertz CT molecular complexity index is 935. The Hall–Kier alpha value is -1.89. The number of nitrogens with zero attached hydrogens (tertiary/aromatic N) is 2. The van der Waals surface area contributed by atoms with Crippen LogP contribution in [0.2, 0.25) is 5.02 Å². The number of halogens is 1. The Labute approximate surface area is 178 Å². The summed E-state index contributed by atoms with van der Waals surface area (Å²) in [6, 6.07) is 13.4. The van der Waals surface area contributed by atoms with Gasteiger partial charge in [0.05, 0.1) is 4.90 Å². The van der Waals surface area contributed by atoms with E-state index in [1.165, 1.54) is 16.4 Å². The lowest BCUT2D eigenvalue weighted by atomic mass is 9.98. The molecule has 0 atom stereocenters. The molecule has 0 spiro atoms. The van der Waals surface area contributed by atoms with Crippen molar-refractivity contribution in [2.75, 3.05) is 19.6 Å². The molecule has 0 aliphatic carbocycles. The van der Waals surface area contributed by atoms with Crippen LogP contribution in [0.25, 0.3) is 0 Å². The van der Waals surface area contributed by atoms with E-state index in [1.807, 2.05) is 24.0 Å². The van der Waals surface area contributed by atoms with E-state index in [4.69, 9.17) is 11.6 Å². The first-order valence-electron chi connectivity index (χ1n) is 9.95. The zero-order valence-electron chi connectivity index (χ0n) is 16.8. The van der Waals surface area contributed by atoms with Crippen LogP contribution in [0.15, 0.2) is 53.4 Å². The number of rotatable bonds is 6. The highest BCUT2D eigenvalue weighted by Gasteiger charge is 2.24. The van der Waals surface area contributed by atoms with Gasteiger partial charge in [-0.2, -0.15) is 4.31 Å². The maximum Gasteiger partial charge on any atom is 0.253 e. The number of hydrogen-bond acceptors (Lipinski definition) is 3. The van der Waals surface area contributed by atoms with Crippen LogP contribution in [0.3, 0.4) is 0 Å². The monoisotopic (exact) mass is 434 g/mol. The molecule has 3 rings (SSSR count). The Morgan fingerprint density at radius 2 is 1.66 bits per heavy atom. The number of amides is 1. The van der Waals surface area contributed by atoms with Crippen molar-refractivity contribution in [2.24, 2.45) is 5.92 Å². The first-order chi connectivity index (χ1) is 13.8. The molecule has 29 heavy (non-hydrogen) atoms. The van der Waals surface area contributed by atoms with Crippen molar-refractivity contribution in [3.63, 3.8) is 0 Å². The SMILES string of the molecule is CCN(Cc1ccc(C(=O)N2CCC(C)CC2)cc1)S(=O)(=O)c1ccc(Cl)cc1. The fraction of sp³-hybridized carbons (Fsp3) is 0.409. The third kappa shape index (κ3) is 5.18. The summed E-state index contributed by atoms with van der Waals surface area (Å²) < 4.78 is 27.2. The maximum absolute atomic E-state index is 12.9. The van der Waals surface area contributed by atoms with Crippen molar-refractivity contribution in [1.82, 2.24) is 9.21 Å². The molecule has 156 valence electrons.